The van der Waals surface area contributed by atoms with Crippen LogP contribution in [0.5, 0.6) is 11.5 Å². The molecule has 1 N–H and O–H groups in total. The molecule has 0 spiro atoms. The van der Waals surface area contributed by atoms with Crippen molar-refractivity contribution in [3.05, 3.63) is 64.4 Å². The van der Waals surface area contributed by atoms with E-state index in [9.17, 15) is 14.7 Å². The lowest BCUT2D eigenvalue weighted by Crippen LogP contribution is -2.39. The van der Waals surface area contributed by atoms with E-state index >= 15 is 0 Å². The Morgan fingerprint density at radius 2 is 2.00 bits per heavy atom. The van der Waals surface area contributed by atoms with E-state index in [1.54, 1.807) is 25.1 Å². The molecule has 1 unspecified atom stereocenters. The van der Waals surface area contributed by atoms with Crippen LogP contribution < -0.4 is 4.74 Å². The number of nitrogens with zero attached hydrogens (tertiary/aromatic N) is 1. The minimum absolute atomic E-state index is 0.0864. The number of phenolic OH excluding ortho intramolecular Hbond substituents is 1. The van der Waals surface area contributed by atoms with Crippen LogP contribution in [0.25, 0.3) is 6.08 Å². The fraction of sp³-hybridized carbons (Fsp3) is 0.385. The maximum atomic E-state index is 12.9. The van der Waals surface area contributed by atoms with Crippen molar-refractivity contribution in [1.82, 2.24) is 4.90 Å². The van der Waals surface area contributed by atoms with Crippen LogP contribution in [0.3, 0.4) is 0 Å². The van der Waals surface area contributed by atoms with Gasteiger partial charge in [-0.25, -0.2) is 0 Å². The maximum absolute atomic E-state index is 12.9. The second-order valence-electron chi connectivity index (χ2n) is 8.30. The third-order valence-corrected chi connectivity index (χ3v) is 6.11. The number of piperidine rings is 1. The molecule has 0 amide bonds. The van der Waals surface area contributed by atoms with Gasteiger partial charge in [0.2, 0.25) is 5.78 Å². The van der Waals surface area contributed by atoms with Gasteiger partial charge in [0.25, 0.3) is 0 Å². The number of Topliss-reactive ketones (excluding diaryl/α,β-unsaturated/α-hetero) is 1. The summed E-state index contributed by atoms with van der Waals surface area (Å²) in [5.74, 6) is 0.202. The van der Waals surface area contributed by atoms with Crippen LogP contribution >= 0.6 is 0 Å². The Kier molecular flexibility index (Phi) is 6.61. The van der Waals surface area contributed by atoms with Crippen LogP contribution in [0.1, 0.15) is 53.7 Å². The Morgan fingerprint density at radius 1 is 1.22 bits per heavy atom. The van der Waals surface area contributed by atoms with Gasteiger partial charge >= 0.3 is 5.97 Å². The fourth-order valence-corrected chi connectivity index (χ4v) is 4.33. The van der Waals surface area contributed by atoms with E-state index in [0.717, 1.165) is 31.4 Å². The molecule has 0 aliphatic carbocycles. The highest BCUT2D eigenvalue weighted by atomic mass is 16.5. The number of hydrogen-bond donors (Lipinski definition) is 1. The number of phenols is 1. The van der Waals surface area contributed by atoms with E-state index in [1.165, 1.54) is 5.56 Å². The molecule has 32 heavy (non-hydrogen) atoms. The summed E-state index contributed by atoms with van der Waals surface area (Å²) in [6.45, 7) is 6.04. The molecule has 2 aliphatic heterocycles. The average molecular weight is 436 g/mol. The number of fused-ring (bicyclic) bond motifs is 1. The summed E-state index contributed by atoms with van der Waals surface area (Å²) in [6.07, 6.45) is 4.36. The van der Waals surface area contributed by atoms with Crippen molar-refractivity contribution in [2.75, 3.05) is 19.7 Å². The Balaban J connectivity index is 1.55. The van der Waals surface area contributed by atoms with Gasteiger partial charge in [-0.05, 0) is 62.1 Å². The number of aryl methyl sites for hydroxylation is 1. The molecule has 1 saturated heterocycles. The number of carbonyl (C=O) groups is 2. The second kappa shape index (κ2) is 9.57. The molecule has 6 nitrogen and oxygen atoms in total. The van der Waals surface area contributed by atoms with Crippen molar-refractivity contribution in [2.24, 2.45) is 5.92 Å². The standard InChI is InChI=1S/C26H29NO5/c1-3-17-7-9-18(10-8-17)14-23-24(29)20-11-12-22(28)21(25(20)32-23)16-27-13-5-6-19(15-27)26(30)31-4-2/h7-12,14,19,28H,3-6,13,15-16H2,1-2H3/b23-14-. The summed E-state index contributed by atoms with van der Waals surface area (Å²) >= 11 is 0. The number of ether oxygens (including phenoxy) is 2. The normalized spacial score (nSPS) is 19.6. The quantitative estimate of drug-likeness (QED) is 0.537. The molecule has 2 aromatic carbocycles. The van der Waals surface area contributed by atoms with Crippen LogP contribution in [-0.4, -0.2) is 41.5 Å². The van der Waals surface area contributed by atoms with Gasteiger partial charge in [0, 0.05) is 13.1 Å². The molecule has 168 valence electrons. The van der Waals surface area contributed by atoms with Crippen molar-refractivity contribution in [2.45, 2.75) is 39.7 Å². The summed E-state index contributed by atoms with van der Waals surface area (Å²) in [7, 11) is 0. The zero-order valence-electron chi connectivity index (χ0n) is 18.6. The van der Waals surface area contributed by atoms with E-state index in [-0.39, 0.29) is 29.2 Å². The molecule has 1 fully saturated rings. The largest absolute Gasteiger partial charge is 0.507 e. The summed E-state index contributed by atoms with van der Waals surface area (Å²) in [5.41, 5.74) is 3.14. The van der Waals surface area contributed by atoms with Crippen molar-refractivity contribution < 1.29 is 24.2 Å². The molecule has 4 rings (SSSR count). The average Bonchev–Trinajstić information content (AvgIpc) is 3.12. The van der Waals surface area contributed by atoms with Gasteiger partial charge in [-0.3, -0.25) is 14.5 Å². The number of carbonyl (C=O) groups excluding carboxylic acids is 2. The summed E-state index contributed by atoms with van der Waals surface area (Å²) in [6, 6.07) is 11.1. The van der Waals surface area contributed by atoms with Crippen LogP contribution in [-0.2, 0) is 22.5 Å². The monoisotopic (exact) mass is 435 g/mol. The summed E-state index contributed by atoms with van der Waals surface area (Å²) in [5, 5.41) is 10.6. The van der Waals surface area contributed by atoms with Crippen molar-refractivity contribution >= 4 is 17.8 Å². The lowest BCUT2D eigenvalue weighted by molar-refractivity contribution is -0.150. The SMILES string of the molecule is CCOC(=O)C1CCCN(Cc2c(O)ccc3c2O/C(=C\c2ccc(CC)cc2)C3=O)C1. The van der Waals surface area contributed by atoms with Crippen molar-refractivity contribution in [1.29, 1.82) is 0 Å². The highest BCUT2D eigenvalue weighted by Crippen LogP contribution is 2.40. The molecule has 2 aromatic rings. The number of esters is 1. The number of hydrogen-bond acceptors (Lipinski definition) is 6. The number of benzene rings is 2. The highest BCUT2D eigenvalue weighted by molar-refractivity contribution is 6.15. The number of ketones is 1. The van der Waals surface area contributed by atoms with Gasteiger partial charge < -0.3 is 14.6 Å². The first kappa shape index (κ1) is 22.1. The van der Waals surface area contributed by atoms with Crippen LogP contribution in [0, 0.1) is 5.92 Å². The molecule has 1 atom stereocenters. The predicted octanol–water partition coefficient (Wildman–Crippen LogP) is 4.35. The van der Waals surface area contributed by atoms with E-state index < -0.39 is 0 Å². The lowest BCUT2D eigenvalue weighted by atomic mass is 9.97. The lowest BCUT2D eigenvalue weighted by Gasteiger charge is -2.31. The number of likely N-dealkylation sites (tertiary alicyclic amines) is 1. The van der Waals surface area contributed by atoms with Gasteiger partial charge in [-0.2, -0.15) is 0 Å². The minimum atomic E-state index is -0.191. The number of rotatable bonds is 6. The first-order chi connectivity index (χ1) is 15.5. The predicted molar refractivity (Wildman–Crippen MR) is 121 cm³/mol. The van der Waals surface area contributed by atoms with Crippen molar-refractivity contribution in [3.63, 3.8) is 0 Å². The fourth-order valence-electron chi connectivity index (χ4n) is 4.33. The molecule has 0 bridgehead atoms. The van der Waals surface area contributed by atoms with Crippen LogP contribution in [0.4, 0.5) is 0 Å². The summed E-state index contributed by atoms with van der Waals surface area (Å²) in [4.78, 5) is 27.2. The molecule has 2 heterocycles. The Labute approximate surface area is 188 Å². The topological polar surface area (TPSA) is 76.1 Å². The smallest absolute Gasteiger partial charge is 0.310 e. The van der Waals surface area contributed by atoms with Gasteiger partial charge in [0.05, 0.1) is 23.7 Å². The highest BCUT2D eigenvalue weighted by Gasteiger charge is 2.33. The summed E-state index contributed by atoms with van der Waals surface area (Å²) < 4.78 is 11.2. The zero-order chi connectivity index (χ0) is 22.7. The Morgan fingerprint density at radius 3 is 2.72 bits per heavy atom. The number of allylic oxidation sites excluding steroid dienone is 1. The third kappa shape index (κ3) is 4.55. The van der Waals surface area contributed by atoms with E-state index in [4.69, 9.17) is 9.47 Å². The van der Waals surface area contributed by atoms with Gasteiger partial charge in [0.1, 0.15) is 11.5 Å². The van der Waals surface area contributed by atoms with Gasteiger partial charge in [-0.15, -0.1) is 0 Å². The minimum Gasteiger partial charge on any atom is -0.507 e. The Bertz CT molecular complexity index is 1040. The molecular formula is C26H29NO5. The molecule has 2 aliphatic rings. The molecule has 0 radical (unpaired) electrons. The maximum Gasteiger partial charge on any atom is 0.310 e. The number of aromatic hydroxyl groups is 1. The zero-order valence-corrected chi connectivity index (χ0v) is 18.6. The van der Waals surface area contributed by atoms with Gasteiger partial charge in [0.15, 0.2) is 5.76 Å². The van der Waals surface area contributed by atoms with E-state index in [1.807, 2.05) is 24.3 Å². The Hall–Kier alpha value is -3.12. The van der Waals surface area contributed by atoms with Crippen molar-refractivity contribution in [3.8, 4) is 11.5 Å². The first-order valence-electron chi connectivity index (χ1n) is 11.3. The van der Waals surface area contributed by atoms with E-state index in [2.05, 4.69) is 11.8 Å². The second-order valence-corrected chi connectivity index (χ2v) is 8.30. The first-order valence-corrected chi connectivity index (χ1v) is 11.3. The molecular weight excluding hydrogens is 406 g/mol. The third-order valence-electron chi connectivity index (χ3n) is 6.11. The molecule has 6 heteroatoms. The van der Waals surface area contributed by atoms with Crippen LogP contribution in [0.15, 0.2) is 42.2 Å². The molecule has 0 saturated carbocycles. The van der Waals surface area contributed by atoms with Crippen LogP contribution in [0.2, 0.25) is 0 Å². The van der Waals surface area contributed by atoms with E-state index in [0.29, 0.717) is 36.6 Å². The molecule has 0 aromatic heterocycles. The van der Waals surface area contributed by atoms with Gasteiger partial charge in [-0.1, -0.05) is 31.2 Å².